The number of ether oxygens (including phenoxy) is 1. The molecule has 1 unspecified atom stereocenters. The monoisotopic (exact) mass is 280 g/mol. The molecule has 1 atom stereocenters. The maximum atomic E-state index is 12.2. The van der Waals surface area contributed by atoms with Gasteiger partial charge in [-0.25, -0.2) is 0 Å². The number of rotatable bonds is 2. The van der Waals surface area contributed by atoms with Crippen molar-refractivity contribution in [3.05, 3.63) is 53.6 Å². The van der Waals surface area contributed by atoms with Crippen molar-refractivity contribution >= 4 is 17.3 Å². The molecule has 4 nitrogen and oxygen atoms in total. The zero-order valence-corrected chi connectivity index (χ0v) is 11.6. The molecule has 21 heavy (non-hydrogen) atoms. The summed E-state index contributed by atoms with van der Waals surface area (Å²) in [6.45, 7) is 0.588. The number of amides is 1. The van der Waals surface area contributed by atoms with Gasteiger partial charge in [0.15, 0.2) is 0 Å². The van der Waals surface area contributed by atoms with Gasteiger partial charge in [-0.2, -0.15) is 0 Å². The Kier molecular flexibility index (Phi) is 2.64. The number of hydrogen-bond acceptors (Lipinski definition) is 3. The molecule has 106 valence electrons. The Morgan fingerprint density at radius 1 is 1.19 bits per heavy atom. The molecule has 2 N–H and O–H groups in total. The van der Waals surface area contributed by atoms with Gasteiger partial charge in [-0.05, 0) is 35.4 Å². The van der Waals surface area contributed by atoms with Gasteiger partial charge in [0, 0.05) is 17.8 Å². The van der Waals surface area contributed by atoms with E-state index in [1.165, 1.54) is 5.56 Å². The fourth-order valence-corrected chi connectivity index (χ4v) is 3.16. The molecule has 4 heteroatoms. The van der Waals surface area contributed by atoms with Crippen molar-refractivity contribution in [3.63, 3.8) is 0 Å². The molecule has 0 aliphatic carbocycles. The van der Waals surface area contributed by atoms with Crippen molar-refractivity contribution in [3.8, 4) is 5.75 Å². The van der Waals surface area contributed by atoms with E-state index in [0.717, 1.165) is 23.4 Å². The van der Waals surface area contributed by atoms with Crippen LogP contribution in [0.4, 0.5) is 11.4 Å². The van der Waals surface area contributed by atoms with Crippen molar-refractivity contribution in [1.82, 2.24) is 0 Å². The highest BCUT2D eigenvalue weighted by atomic mass is 16.5. The van der Waals surface area contributed by atoms with Crippen LogP contribution in [0.1, 0.15) is 11.1 Å². The number of para-hydroxylation sites is 1. The van der Waals surface area contributed by atoms with Crippen LogP contribution < -0.4 is 15.4 Å². The van der Waals surface area contributed by atoms with Gasteiger partial charge in [-0.15, -0.1) is 0 Å². The third kappa shape index (κ3) is 2.03. The summed E-state index contributed by atoms with van der Waals surface area (Å²) in [5.41, 5.74) is 9.68. The first kappa shape index (κ1) is 12.3. The highest BCUT2D eigenvalue weighted by Crippen LogP contribution is 2.33. The third-order valence-electron chi connectivity index (χ3n) is 4.14. The minimum absolute atomic E-state index is 0.0230. The Hall–Kier alpha value is -2.49. The van der Waals surface area contributed by atoms with E-state index in [9.17, 15) is 4.79 Å². The minimum Gasteiger partial charge on any atom is -0.488 e. The van der Waals surface area contributed by atoms with Gasteiger partial charge in [0.05, 0.1) is 13.0 Å². The van der Waals surface area contributed by atoms with Crippen molar-refractivity contribution < 1.29 is 9.53 Å². The summed E-state index contributed by atoms with van der Waals surface area (Å²) in [7, 11) is 0. The Bertz CT molecular complexity index is 701. The SMILES string of the molecule is Nc1ccc2c(c1)CC(=O)N2CC1Cc2ccccc2O1. The smallest absolute Gasteiger partial charge is 0.231 e. The Morgan fingerprint density at radius 2 is 2.05 bits per heavy atom. The summed E-state index contributed by atoms with van der Waals surface area (Å²) in [6.07, 6.45) is 1.31. The number of fused-ring (bicyclic) bond motifs is 2. The van der Waals surface area contributed by atoms with Crippen LogP contribution in [-0.2, 0) is 17.6 Å². The molecule has 0 spiro atoms. The molecule has 4 rings (SSSR count). The summed E-state index contributed by atoms with van der Waals surface area (Å²) in [5, 5.41) is 0. The maximum absolute atomic E-state index is 12.2. The average Bonchev–Trinajstić information content (AvgIpc) is 3.00. The Morgan fingerprint density at radius 3 is 2.90 bits per heavy atom. The first-order valence-electron chi connectivity index (χ1n) is 7.14. The highest BCUT2D eigenvalue weighted by molar-refractivity contribution is 6.01. The van der Waals surface area contributed by atoms with Gasteiger partial charge in [-0.3, -0.25) is 4.79 Å². The number of nitrogens with two attached hydrogens (primary N) is 1. The molecule has 2 aliphatic rings. The molecular weight excluding hydrogens is 264 g/mol. The Labute approximate surface area is 123 Å². The van der Waals surface area contributed by atoms with Crippen LogP contribution in [0.2, 0.25) is 0 Å². The normalized spacial score (nSPS) is 19.3. The molecule has 0 saturated carbocycles. The molecule has 2 heterocycles. The number of carbonyl (C=O) groups is 1. The van der Waals surface area contributed by atoms with E-state index < -0.39 is 0 Å². The lowest BCUT2D eigenvalue weighted by Gasteiger charge is -2.21. The maximum Gasteiger partial charge on any atom is 0.231 e. The van der Waals surface area contributed by atoms with E-state index in [1.807, 2.05) is 41.3 Å². The predicted molar refractivity (Wildman–Crippen MR) is 81.5 cm³/mol. The van der Waals surface area contributed by atoms with Gasteiger partial charge >= 0.3 is 0 Å². The van der Waals surface area contributed by atoms with Crippen LogP contribution in [0.15, 0.2) is 42.5 Å². The zero-order chi connectivity index (χ0) is 14.4. The van der Waals surface area contributed by atoms with Crippen LogP contribution in [-0.4, -0.2) is 18.6 Å². The van der Waals surface area contributed by atoms with Gasteiger partial charge in [-0.1, -0.05) is 18.2 Å². The van der Waals surface area contributed by atoms with Crippen LogP contribution in [0.5, 0.6) is 5.75 Å². The van der Waals surface area contributed by atoms with Gasteiger partial charge in [0.2, 0.25) is 5.91 Å². The number of anilines is 2. The molecule has 2 aliphatic heterocycles. The van der Waals surface area contributed by atoms with E-state index >= 15 is 0 Å². The summed E-state index contributed by atoms with van der Waals surface area (Å²) in [4.78, 5) is 14.1. The van der Waals surface area contributed by atoms with E-state index in [2.05, 4.69) is 6.07 Å². The zero-order valence-electron chi connectivity index (χ0n) is 11.6. The number of nitrogen functional groups attached to an aromatic ring is 1. The molecule has 2 aromatic rings. The lowest BCUT2D eigenvalue weighted by Crippen LogP contribution is -2.36. The lowest BCUT2D eigenvalue weighted by molar-refractivity contribution is -0.117. The van der Waals surface area contributed by atoms with Gasteiger partial charge in [0.1, 0.15) is 11.9 Å². The number of carbonyl (C=O) groups excluding carboxylic acids is 1. The molecule has 2 aromatic carbocycles. The lowest BCUT2D eigenvalue weighted by atomic mass is 10.1. The minimum atomic E-state index is 0.0230. The van der Waals surface area contributed by atoms with Crippen LogP contribution in [0, 0.1) is 0 Å². The van der Waals surface area contributed by atoms with Crippen molar-refractivity contribution in [1.29, 1.82) is 0 Å². The molecular formula is C17H16N2O2. The molecule has 1 amide bonds. The predicted octanol–water partition coefficient (Wildman–Crippen LogP) is 2.16. The van der Waals surface area contributed by atoms with Crippen LogP contribution >= 0.6 is 0 Å². The fourth-order valence-electron chi connectivity index (χ4n) is 3.16. The Balaban J connectivity index is 1.56. The summed E-state index contributed by atoms with van der Waals surface area (Å²) in [5.74, 6) is 1.06. The second-order valence-corrected chi connectivity index (χ2v) is 5.62. The largest absolute Gasteiger partial charge is 0.488 e. The van der Waals surface area contributed by atoms with Crippen LogP contribution in [0.3, 0.4) is 0 Å². The summed E-state index contributed by atoms with van der Waals surface area (Å²) in [6, 6.07) is 13.7. The van der Waals surface area contributed by atoms with Crippen LogP contribution in [0.25, 0.3) is 0 Å². The van der Waals surface area contributed by atoms with Gasteiger partial charge in [0.25, 0.3) is 0 Å². The molecule has 0 aromatic heterocycles. The van der Waals surface area contributed by atoms with Crippen molar-refractivity contribution in [2.75, 3.05) is 17.2 Å². The highest BCUT2D eigenvalue weighted by Gasteiger charge is 2.32. The first-order chi connectivity index (χ1) is 10.2. The second-order valence-electron chi connectivity index (χ2n) is 5.62. The summed E-state index contributed by atoms with van der Waals surface area (Å²) >= 11 is 0. The third-order valence-corrected chi connectivity index (χ3v) is 4.14. The van der Waals surface area contributed by atoms with E-state index in [-0.39, 0.29) is 12.0 Å². The number of nitrogens with zero attached hydrogens (tertiary/aromatic N) is 1. The molecule has 0 fully saturated rings. The van der Waals surface area contributed by atoms with E-state index in [4.69, 9.17) is 10.5 Å². The standard InChI is InChI=1S/C17H16N2O2/c18-13-5-6-15-12(7-13)9-17(20)19(15)10-14-8-11-3-1-2-4-16(11)21-14/h1-7,14H,8-10,18H2. The fraction of sp³-hybridized carbons (Fsp3) is 0.235. The van der Waals surface area contributed by atoms with Gasteiger partial charge < -0.3 is 15.4 Å². The second kappa shape index (κ2) is 4.52. The average molecular weight is 280 g/mol. The molecule has 0 radical (unpaired) electrons. The van der Waals surface area contributed by atoms with Crippen molar-refractivity contribution in [2.24, 2.45) is 0 Å². The summed E-state index contributed by atoms with van der Waals surface area (Å²) < 4.78 is 5.94. The number of hydrogen-bond donors (Lipinski definition) is 1. The first-order valence-corrected chi connectivity index (χ1v) is 7.14. The molecule has 0 bridgehead atoms. The van der Waals surface area contributed by atoms with E-state index in [0.29, 0.717) is 18.7 Å². The topological polar surface area (TPSA) is 55.6 Å². The van der Waals surface area contributed by atoms with E-state index in [1.54, 1.807) is 0 Å². The molecule has 0 saturated heterocycles. The number of benzene rings is 2. The van der Waals surface area contributed by atoms with Crippen molar-refractivity contribution in [2.45, 2.75) is 18.9 Å². The quantitative estimate of drug-likeness (QED) is 0.858.